The summed E-state index contributed by atoms with van der Waals surface area (Å²) in [6, 6.07) is 15.0. The maximum atomic E-state index is 12.7. The van der Waals surface area contributed by atoms with Crippen molar-refractivity contribution in [3.63, 3.8) is 0 Å². The Bertz CT molecular complexity index is 1680. The number of hydrogen-bond acceptors (Lipinski definition) is 7. The maximum Gasteiger partial charge on any atom is 0.318 e. The number of anilines is 1. The van der Waals surface area contributed by atoms with Crippen molar-refractivity contribution < 1.29 is 9.53 Å². The van der Waals surface area contributed by atoms with Crippen LogP contribution in [-0.4, -0.2) is 77.6 Å². The number of nitriles is 1. The van der Waals surface area contributed by atoms with Gasteiger partial charge in [-0.25, -0.2) is 0 Å². The highest BCUT2D eigenvalue weighted by Crippen LogP contribution is 2.39. The molecule has 0 radical (unpaired) electrons. The van der Waals surface area contributed by atoms with Gasteiger partial charge in [-0.05, 0) is 80.8 Å². The normalized spacial score (nSPS) is 20.2. The lowest BCUT2D eigenvalue weighted by molar-refractivity contribution is -0.127. The van der Waals surface area contributed by atoms with Gasteiger partial charge in [0.25, 0.3) is 5.91 Å². The maximum absolute atomic E-state index is 12.7. The number of aromatic nitrogens is 2. The van der Waals surface area contributed by atoms with E-state index in [1.165, 1.54) is 5.57 Å². The third kappa shape index (κ3) is 5.91. The molecule has 2 aromatic carbocycles. The number of benzene rings is 2. The van der Waals surface area contributed by atoms with Crippen molar-refractivity contribution in [2.45, 2.75) is 51.1 Å². The first-order valence-electron chi connectivity index (χ1n) is 14.9. The number of rotatable bonds is 6. The highest BCUT2D eigenvalue weighted by molar-refractivity contribution is 6.36. The summed E-state index contributed by atoms with van der Waals surface area (Å²) < 4.78 is 6.28. The quantitative estimate of drug-likeness (QED) is 0.363. The second kappa shape index (κ2) is 12.6. The van der Waals surface area contributed by atoms with Gasteiger partial charge in [0.15, 0.2) is 0 Å². The minimum Gasteiger partial charge on any atom is -0.462 e. The third-order valence-corrected chi connectivity index (χ3v) is 9.15. The molecule has 0 spiro atoms. The van der Waals surface area contributed by atoms with E-state index in [-0.39, 0.29) is 18.4 Å². The fourth-order valence-corrected chi connectivity index (χ4v) is 6.84. The van der Waals surface area contributed by atoms with Crippen LogP contribution >= 0.6 is 11.6 Å². The van der Waals surface area contributed by atoms with Gasteiger partial charge in [-0.15, -0.1) is 0 Å². The lowest BCUT2D eigenvalue weighted by atomic mass is 9.88. The summed E-state index contributed by atoms with van der Waals surface area (Å²) in [5, 5.41) is 12.4. The summed E-state index contributed by atoms with van der Waals surface area (Å²) in [5.41, 5.74) is 4.19. The average molecular weight is 595 g/mol. The summed E-state index contributed by atoms with van der Waals surface area (Å²) in [6.45, 7) is 4.79. The van der Waals surface area contributed by atoms with E-state index in [4.69, 9.17) is 26.3 Å². The minimum absolute atomic E-state index is 0.226. The fraction of sp³-hybridized carbons (Fsp3) is 0.412. The van der Waals surface area contributed by atoms with Gasteiger partial charge < -0.3 is 19.4 Å². The molecule has 2 aliphatic heterocycles. The van der Waals surface area contributed by atoms with E-state index in [9.17, 15) is 10.1 Å². The molecule has 3 aliphatic rings. The Labute approximate surface area is 257 Å². The van der Waals surface area contributed by atoms with Crippen molar-refractivity contribution in [3.8, 4) is 23.9 Å². The van der Waals surface area contributed by atoms with Gasteiger partial charge in [0.2, 0.25) is 0 Å². The predicted molar refractivity (Wildman–Crippen MR) is 170 cm³/mol. The van der Waals surface area contributed by atoms with E-state index in [1.54, 1.807) is 11.8 Å². The lowest BCUT2D eigenvalue weighted by Crippen LogP contribution is -2.55. The Kier molecular flexibility index (Phi) is 8.51. The molecule has 43 heavy (non-hydrogen) atoms. The Hall–Kier alpha value is -4.11. The summed E-state index contributed by atoms with van der Waals surface area (Å²) in [5.74, 6) is 5.93. The molecule has 2 saturated heterocycles. The van der Waals surface area contributed by atoms with Crippen molar-refractivity contribution in [3.05, 3.63) is 58.2 Å². The first kappa shape index (κ1) is 29.0. The largest absolute Gasteiger partial charge is 0.462 e. The number of hydrogen-bond donors (Lipinski definition) is 0. The van der Waals surface area contributed by atoms with Gasteiger partial charge in [-0.1, -0.05) is 47.9 Å². The number of ether oxygens (including phenoxy) is 1. The van der Waals surface area contributed by atoms with Crippen LogP contribution in [0.2, 0.25) is 5.02 Å². The molecule has 1 aromatic heterocycles. The molecule has 2 fully saturated rings. The molecule has 0 saturated carbocycles. The standard InChI is InChI=1S/C34H35ClN6O2/c1-3-7-31(42)41-19-18-40(21-25(41)15-16-36)33-28-14-13-24(27-11-4-8-23-9-5-12-29(35)32(23)27)20-30(28)37-34(38-33)43-22-26-10-6-17-39(26)2/h4-5,8-9,11-12,20,25-26H,6,10,13-15,17-19,21-22H2,1-2H3. The summed E-state index contributed by atoms with van der Waals surface area (Å²) in [4.78, 5) is 28.8. The SMILES string of the molecule is CC#CC(=O)N1CCN(c2nc(OCC3CCCN3C)nc3c2CCC(c2cccc4cccc(Cl)c24)=C3)CC1CC#N. The molecular formula is C34H35ClN6O2. The number of allylic oxidation sites excluding steroid dienone is 1. The van der Waals surface area contributed by atoms with Gasteiger partial charge in [0.1, 0.15) is 12.4 Å². The zero-order valence-corrected chi connectivity index (χ0v) is 25.4. The van der Waals surface area contributed by atoms with E-state index in [0.717, 1.165) is 70.7 Å². The van der Waals surface area contributed by atoms with Crippen LogP contribution < -0.4 is 9.64 Å². The lowest BCUT2D eigenvalue weighted by Gasteiger charge is -2.41. The van der Waals surface area contributed by atoms with Crippen molar-refractivity contribution in [2.24, 2.45) is 0 Å². The van der Waals surface area contributed by atoms with Crippen molar-refractivity contribution in [1.82, 2.24) is 19.8 Å². The molecular weight excluding hydrogens is 560 g/mol. The minimum atomic E-state index is -0.276. The number of fused-ring (bicyclic) bond motifs is 2. The zero-order chi connectivity index (χ0) is 29.9. The van der Waals surface area contributed by atoms with Crippen LogP contribution in [0.3, 0.4) is 0 Å². The number of amides is 1. The number of carbonyl (C=O) groups excluding carboxylic acids is 1. The molecule has 0 bridgehead atoms. The molecule has 2 unspecified atom stereocenters. The molecule has 8 nitrogen and oxygen atoms in total. The molecule has 9 heteroatoms. The highest BCUT2D eigenvalue weighted by Gasteiger charge is 2.33. The van der Waals surface area contributed by atoms with E-state index in [0.29, 0.717) is 38.3 Å². The van der Waals surface area contributed by atoms with Crippen LogP contribution in [0, 0.1) is 23.2 Å². The Balaban J connectivity index is 1.38. The number of piperazine rings is 1. The molecule has 1 amide bonds. The second-order valence-electron chi connectivity index (χ2n) is 11.4. The molecule has 0 N–H and O–H groups in total. The summed E-state index contributed by atoms with van der Waals surface area (Å²) in [6.07, 6.45) is 6.20. The van der Waals surface area contributed by atoms with Crippen molar-refractivity contribution in [1.29, 1.82) is 5.26 Å². The topological polar surface area (TPSA) is 85.6 Å². The first-order chi connectivity index (χ1) is 21.0. The Morgan fingerprint density at radius 1 is 1.12 bits per heavy atom. The van der Waals surface area contributed by atoms with Gasteiger partial charge in [-0.3, -0.25) is 4.79 Å². The molecule has 3 heterocycles. The molecule has 3 aromatic rings. The molecule has 6 rings (SSSR count). The average Bonchev–Trinajstić information content (AvgIpc) is 3.43. The van der Waals surface area contributed by atoms with Gasteiger partial charge in [-0.2, -0.15) is 15.2 Å². The van der Waals surface area contributed by atoms with Crippen LogP contribution in [-0.2, 0) is 11.2 Å². The van der Waals surface area contributed by atoms with E-state index >= 15 is 0 Å². The Morgan fingerprint density at radius 2 is 1.95 bits per heavy atom. The smallest absolute Gasteiger partial charge is 0.318 e. The first-order valence-corrected chi connectivity index (χ1v) is 15.3. The Morgan fingerprint density at radius 3 is 2.72 bits per heavy atom. The van der Waals surface area contributed by atoms with E-state index < -0.39 is 0 Å². The fourth-order valence-electron chi connectivity index (χ4n) is 6.56. The molecule has 220 valence electrons. The van der Waals surface area contributed by atoms with Crippen LogP contribution in [0.5, 0.6) is 6.01 Å². The highest BCUT2D eigenvalue weighted by atomic mass is 35.5. The van der Waals surface area contributed by atoms with Crippen molar-refractivity contribution in [2.75, 3.05) is 44.7 Å². The third-order valence-electron chi connectivity index (χ3n) is 8.83. The van der Waals surface area contributed by atoms with Gasteiger partial charge in [0.05, 0.1) is 24.2 Å². The van der Waals surface area contributed by atoms with E-state index in [1.807, 2.05) is 12.1 Å². The van der Waals surface area contributed by atoms with Crippen LogP contribution in [0.25, 0.3) is 22.4 Å². The second-order valence-corrected chi connectivity index (χ2v) is 11.8. The van der Waals surface area contributed by atoms with Crippen molar-refractivity contribution >= 4 is 45.7 Å². The van der Waals surface area contributed by atoms with Crippen LogP contribution in [0.15, 0.2) is 36.4 Å². The number of likely N-dealkylation sites (N-methyl/N-ethyl adjacent to an activating group) is 1. The van der Waals surface area contributed by atoms with Crippen LogP contribution in [0.4, 0.5) is 5.82 Å². The summed E-state index contributed by atoms with van der Waals surface area (Å²) in [7, 11) is 2.13. The number of carbonyl (C=O) groups is 1. The zero-order valence-electron chi connectivity index (χ0n) is 24.6. The van der Waals surface area contributed by atoms with E-state index in [2.05, 4.69) is 65.1 Å². The molecule has 1 aliphatic carbocycles. The van der Waals surface area contributed by atoms with Crippen LogP contribution in [0.1, 0.15) is 49.4 Å². The number of halogens is 1. The van der Waals surface area contributed by atoms with Gasteiger partial charge >= 0.3 is 6.01 Å². The number of likely N-dealkylation sites (tertiary alicyclic amines) is 1. The number of nitrogens with zero attached hydrogens (tertiary/aromatic N) is 6. The molecule has 2 atom stereocenters. The van der Waals surface area contributed by atoms with Gasteiger partial charge in [0, 0.05) is 41.6 Å². The summed E-state index contributed by atoms with van der Waals surface area (Å²) >= 11 is 6.70. The monoisotopic (exact) mass is 594 g/mol. The predicted octanol–water partition coefficient (Wildman–Crippen LogP) is 5.20.